The number of para-hydroxylation sites is 3. The highest BCUT2D eigenvalue weighted by Crippen LogP contribution is 2.49. The maximum Gasteiger partial charge on any atom is 0.356 e. The van der Waals surface area contributed by atoms with Crippen LogP contribution in [0.5, 0.6) is 5.75 Å². The Kier molecular flexibility index (Phi) is 23.0. The summed E-state index contributed by atoms with van der Waals surface area (Å²) in [7, 11) is 1.27. The van der Waals surface area contributed by atoms with Crippen LogP contribution in [0.25, 0.3) is 133 Å². The van der Waals surface area contributed by atoms with Crippen molar-refractivity contribution in [2.24, 2.45) is 0 Å². The number of anilines is 5. The summed E-state index contributed by atoms with van der Waals surface area (Å²) in [4.78, 5) is 147. The molecule has 9 aromatic carbocycles. The number of rotatable bonds is 20. The van der Waals surface area contributed by atoms with E-state index in [-0.39, 0.29) is 142 Å². The summed E-state index contributed by atoms with van der Waals surface area (Å²) < 4.78 is 23.5. The number of hydrogen-bond donors (Lipinski definition) is 13. The maximum atomic E-state index is 12.7. The van der Waals surface area contributed by atoms with Crippen molar-refractivity contribution in [2.75, 3.05) is 34.5 Å². The third-order valence-electron chi connectivity index (χ3n) is 21.8. The van der Waals surface area contributed by atoms with Crippen LogP contribution in [0, 0.1) is 6.92 Å². The number of nitrogens with two attached hydrogens (primary N) is 2. The molecule has 0 fully saturated rings. The molecule has 130 heavy (non-hydrogen) atoms. The Labute approximate surface area is 739 Å². The highest BCUT2D eigenvalue weighted by Gasteiger charge is 2.31. The summed E-state index contributed by atoms with van der Waals surface area (Å²) in [6.07, 6.45) is 1.67. The average molecular weight is 1780 g/mol. The zero-order valence-electron chi connectivity index (χ0n) is 67.4. The van der Waals surface area contributed by atoms with Crippen molar-refractivity contribution >= 4 is 165 Å². The molecule has 6 aliphatic rings. The van der Waals surface area contributed by atoms with Crippen molar-refractivity contribution in [3.8, 4) is 73.1 Å². The number of esters is 1. The van der Waals surface area contributed by atoms with E-state index in [1.54, 1.807) is 92.0 Å². The number of ether oxygens (including phenoxy) is 1. The molecule has 3 aromatic heterocycles. The number of nitrogens with one attached hydrogen (secondary N) is 3. The number of benzene rings is 12. The number of carbonyl (C=O) groups excluding carboxylic acids is 1. The molecule has 0 atom stereocenters. The van der Waals surface area contributed by atoms with E-state index in [2.05, 4.69) is 30.9 Å². The van der Waals surface area contributed by atoms with E-state index in [4.69, 9.17) is 52.7 Å². The number of pyridine rings is 3. The third-order valence-corrected chi connectivity index (χ3v) is 22.4. The largest absolute Gasteiger partial charge is 0.507 e. The Balaban J connectivity index is 0.000000143. The fourth-order valence-corrected chi connectivity index (χ4v) is 15.8. The first-order valence-electron chi connectivity index (χ1n) is 39.0. The Morgan fingerprint density at radius 3 is 1.17 bits per heavy atom. The molecule has 0 bridgehead atoms. The first-order chi connectivity index (χ1) is 62.3. The molecule has 18 rings (SSSR count). The molecule has 0 unspecified atom stereocenters. The number of phenolic OH excluding ortho intramolecular Hbond substituents is 1. The standard InChI is InChI=1S/C33H22ClN3O8.C33H23N3O8.C31H19ClN2O7/c1-44-33(43)25-10-6-15-3-2-4-24(29(15)37-25)36-14-21-23(35)9-8-18-28(19-11-16(31(39)40)5-7-17(19)32(41)42)20-12-22(34)26(38)13-27(20)45-30(18)21;1-15-11-21-27(13-26(15)37)44-30-19(28(21)20-12-17(31(38)39)5-7-18(20)32(40)41)8-9-23(34)22(30)14-35-24-4-2-3-16-6-10-25(33(42)43)36-29(16)24;32-22-12-20-26(13-25(22)36)41-29-18(27(20)19-11-16(30(37)38)6-7-17(19)31(39)40)8-9-24(35)21(29)14-34-23-5-1-3-15-4-2-10-33-28(15)23/h2-13,36H,14,35H2,1H3,(H,39,40)(H,41,42);2-13,35H,14,34H2,1H3,(H,38,39)(H,40,41)(H,42,43);1-13,34-35H,14H2,(H,37,38)(H,39,40). The zero-order valence-corrected chi connectivity index (χ0v) is 68.9. The van der Waals surface area contributed by atoms with Gasteiger partial charge in [0.15, 0.2) is 5.43 Å². The average Bonchev–Trinajstić information content (AvgIpc) is 0.740. The number of nitrogens with zero attached hydrogens (tertiary/aromatic N) is 3. The number of carboxylic acids is 7. The normalized spacial score (nSPS) is 11.2. The van der Waals surface area contributed by atoms with Crippen molar-refractivity contribution in [2.45, 2.75) is 26.6 Å². The number of phenols is 1. The molecule has 0 amide bonds. The van der Waals surface area contributed by atoms with E-state index in [9.17, 15) is 93.6 Å². The van der Waals surface area contributed by atoms with Gasteiger partial charge in [-0.3, -0.25) is 19.4 Å². The molecule has 0 radical (unpaired) electrons. The quantitative estimate of drug-likeness (QED) is 0.0191. The molecular weight excluding hydrogens is 1720 g/mol. The first kappa shape index (κ1) is 86.0. The van der Waals surface area contributed by atoms with E-state index >= 15 is 0 Å². The van der Waals surface area contributed by atoms with Crippen molar-refractivity contribution < 1.29 is 97.2 Å². The van der Waals surface area contributed by atoms with Gasteiger partial charge in [0.25, 0.3) is 0 Å². The van der Waals surface area contributed by atoms with Gasteiger partial charge in [0.05, 0.1) is 89.7 Å². The summed E-state index contributed by atoms with van der Waals surface area (Å²) in [6, 6.07) is 55.1. The minimum atomic E-state index is -1.29. The minimum Gasteiger partial charge on any atom is -0.507 e. The van der Waals surface area contributed by atoms with Gasteiger partial charge in [0.2, 0.25) is 10.9 Å². The van der Waals surface area contributed by atoms with Crippen LogP contribution in [-0.4, -0.2) is 111 Å². The molecule has 6 heterocycles. The van der Waals surface area contributed by atoms with Gasteiger partial charge in [-0.25, -0.2) is 48.3 Å². The lowest BCUT2D eigenvalue weighted by molar-refractivity contribution is 0.0590. The van der Waals surface area contributed by atoms with Crippen molar-refractivity contribution in [3.63, 3.8) is 0 Å². The second-order valence-electron chi connectivity index (χ2n) is 29.6. The number of aromatic nitrogens is 3. The third kappa shape index (κ3) is 16.3. The Morgan fingerprint density at radius 1 is 0.385 bits per heavy atom. The highest BCUT2D eigenvalue weighted by molar-refractivity contribution is 6.31. The number of nitrogen functional groups attached to an aromatic ring is 2. The van der Waals surface area contributed by atoms with Crippen LogP contribution >= 0.6 is 23.2 Å². The number of aromatic hydroxyl groups is 1. The van der Waals surface area contributed by atoms with E-state index < -0.39 is 58.6 Å². The molecule has 33 heteroatoms. The van der Waals surface area contributed by atoms with Gasteiger partial charge in [0, 0.05) is 132 Å². The van der Waals surface area contributed by atoms with E-state index in [0.717, 1.165) is 16.3 Å². The topological polar surface area (TPSA) is 525 Å². The van der Waals surface area contributed by atoms with Crippen molar-refractivity contribution in [1.82, 2.24) is 15.0 Å². The summed E-state index contributed by atoms with van der Waals surface area (Å²) in [5.41, 5.74) is 19.3. The molecule has 0 saturated heterocycles. The van der Waals surface area contributed by atoms with Gasteiger partial charge in [-0.05, 0) is 175 Å². The van der Waals surface area contributed by atoms with E-state index in [1.807, 2.05) is 42.5 Å². The maximum absolute atomic E-state index is 12.7. The number of carboxylic acid groups (broad SMARTS) is 7. The molecule has 0 saturated carbocycles. The molecule has 31 nitrogen and oxygen atoms in total. The van der Waals surface area contributed by atoms with Gasteiger partial charge in [-0.15, -0.1) is 0 Å². The molecular formula is C97H64Cl2N8O23. The predicted octanol–water partition coefficient (Wildman–Crippen LogP) is 18.3. The smallest absolute Gasteiger partial charge is 0.356 e. The lowest BCUT2D eigenvalue weighted by atomic mass is 9.88. The number of fused-ring (bicyclic) bond motifs is 9. The molecule has 12 aromatic rings. The second-order valence-corrected chi connectivity index (χ2v) is 30.4. The Bertz CT molecular complexity index is 8000. The summed E-state index contributed by atoms with van der Waals surface area (Å²) in [5, 5.41) is 92.7. The molecule has 3 aliphatic heterocycles. The summed E-state index contributed by atoms with van der Waals surface area (Å²) in [5.74, 6) is -9.12. The van der Waals surface area contributed by atoms with Crippen LogP contribution in [0.4, 0.5) is 28.4 Å². The fourth-order valence-electron chi connectivity index (χ4n) is 15.5. The van der Waals surface area contributed by atoms with Gasteiger partial charge in [-0.2, -0.15) is 0 Å². The monoisotopic (exact) mass is 1780 g/mol. The van der Waals surface area contributed by atoms with Crippen molar-refractivity contribution in [3.05, 3.63) is 332 Å². The summed E-state index contributed by atoms with van der Waals surface area (Å²) in [6.45, 7) is 1.85. The summed E-state index contributed by atoms with van der Waals surface area (Å²) >= 11 is 12.4. The highest BCUT2D eigenvalue weighted by atomic mass is 35.5. The fraction of sp³-hybridized carbons (Fsp3) is 0.0515. The van der Waals surface area contributed by atoms with Crippen LogP contribution in [0.1, 0.15) is 105 Å². The van der Waals surface area contributed by atoms with Gasteiger partial charge < -0.3 is 86.3 Å². The minimum absolute atomic E-state index is 0.0755. The lowest BCUT2D eigenvalue weighted by Crippen LogP contribution is -2.09. The molecule has 644 valence electrons. The number of carbonyl (C=O) groups is 8. The lowest BCUT2D eigenvalue weighted by Gasteiger charge is -2.20. The van der Waals surface area contributed by atoms with Crippen LogP contribution in [0.15, 0.2) is 252 Å². The van der Waals surface area contributed by atoms with E-state index in [1.165, 1.54) is 104 Å². The molecule has 3 aliphatic carbocycles. The number of hydrogen-bond acceptors (Lipinski definition) is 24. The van der Waals surface area contributed by atoms with Crippen LogP contribution in [0.3, 0.4) is 0 Å². The molecule has 0 spiro atoms. The number of halogens is 2. The SMILES string of the molecule is COC(=O)c1ccc2cccc(NCc3c(N)ccc4c(-c5cc(C(=O)O)ccc5C(=O)O)c5cc(Cl)c(=O)cc-5oc34)c2n1.Cc1cc2c(-c3cc(C(=O)O)ccc3C(=O)O)c3ccc(N)c(CNc4cccc5ccc(C(=O)O)nc45)c3oc-2cc1=O.O=C(O)c1ccc(C(=O)O)c(-c2c3cc(Cl)c(=O)cc-3oc3c(CNc4cccc5cccnc45)c(O)ccc23)c1. The number of methoxy groups -OCH3 is 1. The van der Waals surface area contributed by atoms with Gasteiger partial charge in [0.1, 0.15) is 51.2 Å². The predicted molar refractivity (Wildman–Crippen MR) is 486 cm³/mol. The first-order valence-corrected chi connectivity index (χ1v) is 39.7. The van der Waals surface area contributed by atoms with Crippen LogP contribution in [-0.2, 0) is 24.4 Å². The Morgan fingerprint density at radius 2 is 0.754 bits per heavy atom. The van der Waals surface area contributed by atoms with Gasteiger partial charge >= 0.3 is 47.8 Å². The van der Waals surface area contributed by atoms with Gasteiger partial charge in [-0.1, -0.05) is 77.8 Å². The van der Waals surface area contributed by atoms with Crippen LogP contribution < -0.4 is 43.7 Å². The van der Waals surface area contributed by atoms with E-state index in [0.29, 0.717) is 111 Å². The van der Waals surface area contributed by atoms with Crippen LogP contribution in [0.2, 0.25) is 10.0 Å². The second kappa shape index (κ2) is 34.9. The Hall–Kier alpha value is -17.6. The number of aromatic carboxylic acids is 7. The molecule has 15 N–H and O–H groups in total. The number of aryl methyl sites for hydroxylation is 1. The zero-order chi connectivity index (χ0) is 92.1. The van der Waals surface area contributed by atoms with Crippen molar-refractivity contribution in [1.29, 1.82) is 0 Å².